The quantitative estimate of drug-likeness (QED) is 0.749. The molecule has 25 heavy (non-hydrogen) atoms. The van der Waals surface area contributed by atoms with Gasteiger partial charge in [0, 0.05) is 11.6 Å². The summed E-state index contributed by atoms with van der Waals surface area (Å²) in [5, 5.41) is 2.80. The predicted octanol–water partition coefficient (Wildman–Crippen LogP) is 4.44. The number of nitrogens with zero attached hydrogens (tertiary/aromatic N) is 1. The molecule has 0 fully saturated rings. The lowest BCUT2D eigenvalue weighted by Crippen LogP contribution is -2.12. The molecule has 3 aromatic rings. The fourth-order valence-corrected chi connectivity index (χ4v) is 2.22. The standard InChI is InChI=1S/C20H18N2O3/c1-14-6-9-17(10-7-14)25-18-5-3-4-15(12-18)20(23)22-16-8-11-19(24-2)21-13-16/h3-13H,1-2H3,(H,22,23). The van der Waals surface area contributed by atoms with Crippen molar-refractivity contribution in [3.63, 3.8) is 0 Å². The number of amides is 1. The van der Waals surface area contributed by atoms with Crippen LogP contribution in [0.2, 0.25) is 0 Å². The van der Waals surface area contributed by atoms with Gasteiger partial charge in [-0.3, -0.25) is 4.79 Å². The van der Waals surface area contributed by atoms with E-state index >= 15 is 0 Å². The summed E-state index contributed by atoms with van der Waals surface area (Å²) in [6, 6.07) is 18.2. The first-order chi connectivity index (χ1) is 12.1. The van der Waals surface area contributed by atoms with Gasteiger partial charge >= 0.3 is 0 Å². The summed E-state index contributed by atoms with van der Waals surface area (Å²) in [6.45, 7) is 2.02. The zero-order chi connectivity index (χ0) is 17.6. The van der Waals surface area contributed by atoms with Gasteiger partial charge in [-0.2, -0.15) is 0 Å². The van der Waals surface area contributed by atoms with Crippen molar-refractivity contribution >= 4 is 11.6 Å². The van der Waals surface area contributed by atoms with Gasteiger partial charge in [0.15, 0.2) is 0 Å². The molecule has 0 spiro atoms. The molecule has 1 heterocycles. The van der Waals surface area contributed by atoms with Crippen molar-refractivity contribution in [1.82, 2.24) is 4.98 Å². The number of carbonyl (C=O) groups is 1. The third kappa shape index (κ3) is 4.35. The van der Waals surface area contributed by atoms with E-state index in [-0.39, 0.29) is 5.91 Å². The number of carbonyl (C=O) groups excluding carboxylic acids is 1. The average Bonchev–Trinajstić information content (AvgIpc) is 2.64. The highest BCUT2D eigenvalue weighted by molar-refractivity contribution is 6.04. The molecule has 126 valence electrons. The molecule has 1 N–H and O–H groups in total. The number of hydrogen-bond acceptors (Lipinski definition) is 4. The number of rotatable bonds is 5. The van der Waals surface area contributed by atoms with E-state index in [9.17, 15) is 4.79 Å². The first-order valence-corrected chi connectivity index (χ1v) is 7.80. The third-order valence-electron chi connectivity index (χ3n) is 3.56. The van der Waals surface area contributed by atoms with E-state index in [1.54, 1.807) is 43.6 Å². The van der Waals surface area contributed by atoms with Gasteiger partial charge in [-0.1, -0.05) is 23.8 Å². The summed E-state index contributed by atoms with van der Waals surface area (Å²) in [6.07, 6.45) is 1.55. The molecular weight excluding hydrogens is 316 g/mol. The van der Waals surface area contributed by atoms with Crippen LogP contribution in [0.4, 0.5) is 5.69 Å². The van der Waals surface area contributed by atoms with Crippen LogP contribution < -0.4 is 14.8 Å². The Balaban J connectivity index is 1.71. The van der Waals surface area contributed by atoms with E-state index in [0.29, 0.717) is 22.9 Å². The number of anilines is 1. The van der Waals surface area contributed by atoms with Gasteiger partial charge in [-0.15, -0.1) is 0 Å². The van der Waals surface area contributed by atoms with Crippen LogP contribution in [-0.2, 0) is 0 Å². The van der Waals surface area contributed by atoms with E-state index in [4.69, 9.17) is 9.47 Å². The summed E-state index contributed by atoms with van der Waals surface area (Å²) >= 11 is 0. The molecule has 5 heteroatoms. The third-order valence-corrected chi connectivity index (χ3v) is 3.56. The first-order valence-electron chi connectivity index (χ1n) is 7.80. The molecule has 0 unspecified atom stereocenters. The molecule has 0 radical (unpaired) electrons. The Morgan fingerprint density at radius 1 is 1.00 bits per heavy atom. The van der Waals surface area contributed by atoms with E-state index < -0.39 is 0 Å². The molecule has 0 aliphatic rings. The van der Waals surface area contributed by atoms with Gasteiger partial charge in [0.1, 0.15) is 11.5 Å². The van der Waals surface area contributed by atoms with Crippen molar-refractivity contribution in [2.45, 2.75) is 6.92 Å². The van der Waals surface area contributed by atoms with Crippen LogP contribution in [0.3, 0.4) is 0 Å². The molecular formula is C20H18N2O3. The molecule has 0 aliphatic carbocycles. The fourth-order valence-electron chi connectivity index (χ4n) is 2.22. The lowest BCUT2D eigenvalue weighted by molar-refractivity contribution is 0.102. The molecule has 0 bridgehead atoms. The number of nitrogens with one attached hydrogen (secondary N) is 1. The molecule has 0 saturated carbocycles. The molecule has 1 amide bonds. The second-order valence-corrected chi connectivity index (χ2v) is 5.49. The summed E-state index contributed by atoms with van der Waals surface area (Å²) in [5.41, 5.74) is 2.25. The van der Waals surface area contributed by atoms with Crippen LogP contribution in [0, 0.1) is 6.92 Å². The zero-order valence-electron chi connectivity index (χ0n) is 14.0. The van der Waals surface area contributed by atoms with Gasteiger partial charge < -0.3 is 14.8 Å². The van der Waals surface area contributed by atoms with Crippen molar-refractivity contribution in [1.29, 1.82) is 0 Å². The molecule has 0 atom stereocenters. The van der Waals surface area contributed by atoms with Gasteiger partial charge in [0.2, 0.25) is 5.88 Å². The number of aromatic nitrogens is 1. The largest absolute Gasteiger partial charge is 0.481 e. The molecule has 3 rings (SSSR count). The highest BCUT2D eigenvalue weighted by atomic mass is 16.5. The Labute approximate surface area is 146 Å². The monoisotopic (exact) mass is 334 g/mol. The SMILES string of the molecule is COc1ccc(NC(=O)c2cccc(Oc3ccc(C)cc3)c2)cn1. The van der Waals surface area contributed by atoms with Crippen LogP contribution in [0.1, 0.15) is 15.9 Å². The van der Waals surface area contributed by atoms with E-state index in [1.165, 1.54) is 0 Å². The highest BCUT2D eigenvalue weighted by Crippen LogP contribution is 2.23. The van der Waals surface area contributed by atoms with Gasteiger partial charge in [0.25, 0.3) is 5.91 Å². The van der Waals surface area contributed by atoms with Crippen molar-refractivity contribution in [3.05, 3.63) is 78.0 Å². The van der Waals surface area contributed by atoms with Crippen LogP contribution >= 0.6 is 0 Å². The molecule has 0 aliphatic heterocycles. The Bertz CT molecular complexity index is 859. The first kappa shape index (κ1) is 16.5. The normalized spacial score (nSPS) is 10.2. The van der Waals surface area contributed by atoms with Crippen LogP contribution in [0.15, 0.2) is 66.9 Å². The van der Waals surface area contributed by atoms with E-state index in [0.717, 1.165) is 11.3 Å². The topological polar surface area (TPSA) is 60.5 Å². The predicted molar refractivity (Wildman–Crippen MR) is 96.4 cm³/mol. The smallest absolute Gasteiger partial charge is 0.255 e. The Hall–Kier alpha value is -3.34. The lowest BCUT2D eigenvalue weighted by Gasteiger charge is -2.09. The second-order valence-electron chi connectivity index (χ2n) is 5.49. The minimum Gasteiger partial charge on any atom is -0.481 e. The lowest BCUT2D eigenvalue weighted by atomic mass is 10.2. The zero-order valence-corrected chi connectivity index (χ0v) is 14.0. The molecule has 1 aromatic heterocycles. The van der Waals surface area contributed by atoms with Crippen molar-refractivity contribution < 1.29 is 14.3 Å². The number of aryl methyl sites for hydroxylation is 1. The van der Waals surface area contributed by atoms with E-state index in [1.807, 2.05) is 37.3 Å². The molecule has 0 saturated heterocycles. The fraction of sp³-hybridized carbons (Fsp3) is 0.100. The van der Waals surface area contributed by atoms with Crippen LogP contribution in [-0.4, -0.2) is 18.0 Å². The summed E-state index contributed by atoms with van der Waals surface area (Å²) in [7, 11) is 1.54. The molecule has 2 aromatic carbocycles. The van der Waals surface area contributed by atoms with Crippen LogP contribution in [0.25, 0.3) is 0 Å². The van der Waals surface area contributed by atoms with Crippen molar-refractivity contribution in [2.75, 3.05) is 12.4 Å². The maximum Gasteiger partial charge on any atom is 0.255 e. The number of ether oxygens (including phenoxy) is 2. The van der Waals surface area contributed by atoms with E-state index in [2.05, 4.69) is 10.3 Å². The number of methoxy groups -OCH3 is 1. The second kappa shape index (κ2) is 7.49. The Kier molecular flexibility index (Phi) is 4.95. The Morgan fingerprint density at radius 2 is 1.80 bits per heavy atom. The highest BCUT2D eigenvalue weighted by Gasteiger charge is 2.08. The summed E-state index contributed by atoms with van der Waals surface area (Å²) < 4.78 is 10.8. The maximum absolute atomic E-state index is 12.4. The number of pyridine rings is 1. The van der Waals surface area contributed by atoms with Gasteiger partial charge in [0.05, 0.1) is 19.0 Å². The number of hydrogen-bond donors (Lipinski definition) is 1. The average molecular weight is 334 g/mol. The maximum atomic E-state index is 12.4. The Morgan fingerprint density at radius 3 is 2.48 bits per heavy atom. The van der Waals surface area contributed by atoms with Crippen LogP contribution in [0.5, 0.6) is 17.4 Å². The summed E-state index contributed by atoms with van der Waals surface area (Å²) in [4.78, 5) is 16.5. The molecule has 5 nitrogen and oxygen atoms in total. The van der Waals surface area contributed by atoms with Crippen molar-refractivity contribution in [3.8, 4) is 17.4 Å². The van der Waals surface area contributed by atoms with Gasteiger partial charge in [-0.25, -0.2) is 4.98 Å². The number of benzene rings is 2. The minimum atomic E-state index is -0.235. The van der Waals surface area contributed by atoms with Crippen molar-refractivity contribution in [2.24, 2.45) is 0 Å². The minimum absolute atomic E-state index is 0.235. The van der Waals surface area contributed by atoms with Gasteiger partial charge in [-0.05, 0) is 43.3 Å². The summed E-state index contributed by atoms with van der Waals surface area (Å²) in [5.74, 6) is 1.58.